The van der Waals surface area contributed by atoms with Crippen molar-refractivity contribution in [2.45, 2.75) is 70.7 Å². The molecule has 2 rings (SSSR count). The summed E-state index contributed by atoms with van der Waals surface area (Å²) in [5, 5.41) is 2.69. The molecule has 0 bridgehead atoms. The fraction of sp³-hybridized carbons (Fsp3) is 0.500. The van der Waals surface area contributed by atoms with Crippen LogP contribution in [0, 0.1) is 5.92 Å². The van der Waals surface area contributed by atoms with E-state index in [1.807, 2.05) is 19.9 Å². The first-order valence-electron chi connectivity index (χ1n) is 12.5. The largest absolute Gasteiger partial charge is 0.444 e. The van der Waals surface area contributed by atoms with E-state index in [0.29, 0.717) is 31.4 Å². The van der Waals surface area contributed by atoms with Crippen molar-refractivity contribution in [1.82, 2.24) is 20.2 Å². The Bertz CT molecular complexity index is 983. The molecule has 11 nitrogen and oxygen atoms in total. The first kappa shape index (κ1) is 29.7. The molecule has 0 radical (unpaired) electrons. The Morgan fingerprint density at radius 2 is 1.92 bits per heavy atom. The number of amides is 3. The van der Waals surface area contributed by atoms with Crippen LogP contribution in [0.1, 0.15) is 50.8 Å². The van der Waals surface area contributed by atoms with E-state index in [2.05, 4.69) is 15.3 Å². The second-order valence-electron chi connectivity index (χ2n) is 9.31. The van der Waals surface area contributed by atoms with E-state index in [9.17, 15) is 19.2 Å². The van der Waals surface area contributed by atoms with Gasteiger partial charge in [-0.3, -0.25) is 9.59 Å². The zero-order valence-electron chi connectivity index (χ0n) is 21.5. The molecule has 3 atom stereocenters. The maximum atomic E-state index is 13.7. The lowest BCUT2D eigenvalue weighted by atomic mass is 10.0. The molecule has 3 amide bonds. The highest BCUT2D eigenvalue weighted by Gasteiger charge is 2.37. The van der Waals surface area contributed by atoms with Gasteiger partial charge in [0.05, 0.1) is 12.4 Å². The smallest absolute Gasteiger partial charge is 0.417 e. The van der Waals surface area contributed by atoms with Gasteiger partial charge in [0.15, 0.2) is 0 Å². The third kappa shape index (κ3) is 9.77. The molecular weight excluding hydrogens is 476 g/mol. The van der Waals surface area contributed by atoms with Gasteiger partial charge in [-0.15, -0.1) is 0 Å². The Kier molecular flexibility index (Phi) is 12.4. The fourth-order valence-electron chi connectivity index (χ4n) is 3.78. The summed E-state index contributed by atoms with van der Waals surface area (Å²) < 4.78 is 5.42. The maximum absolute atomic E-state index is 13.7. The molecule has 0 saturated heterocycles. The lowest BCUT2D eigenvalue weighted by Crippen LogP contribution is -2.57. The van der Waals surface area contributed by atoms with Gasteiger partial charge >= 0.3 is 6.09 Å². The van der Waals surface area contributed by atoms with Gasteiger partial charge in [-0.2, -0.15) is 0 Å². The molecule has 6 N–H and O–H groups in total. The van der Waals surface area contributed by atoms with Crippen molar-refractivity contribution in [2.75, 3.05) is 6.54 Å². The van der Waals surface area contributed by atoms with Crippen molar-refractivity contribution < 1.29 is 23.9 Å². The molecule has 0 aliphatic heterocycles. The average Bonchev–Trinajstić information content (AvgIpc) is 3.40. The fourth-order valence-corrected chi connectivity index (χ4v) is 3.78. The Hall–Kier alpha value is -3.57. The van der Waals surface area contributed by atoms with Crippen LogP contribution in [0.5, 0.6) is 0 Å². The number of imide groups is 1. The SMILES string of the molecule is CC(C)C[C@H](NC(=O)[C@@H](N)CCCCN)C(=O)N(C(=O)OCc1ccccc1)[C@H](C=O)Cc1cnc[nH]1. The molecule has 0 saturated carbocycles. The number of aromatic amines is 1. The Morgan fingerprint density at radius 3 is 2.51 bits per heavy atom. The number of nitrogens with two attached hydrogens (primary N) is 2. The summed E-state index contributed by atoms with van der Waals surface area (Å²) in [6.45, 7) is 4.17. The number of aldehydes is 1. The van der Waals surface area contributed by atoms with Crippen LogP contribution in [0.2, 0.25) is 0 Å². The van der Waals surface area contributed by atoms with Gasteiger partial charge in [0, 0.05) is 18.3 Å². The second kappa shape index (κ2) is 15.5. The lowest BCUT2D eigenvalue weighted by molar-refractivity contribution is -0.139. The Morgan fingerprint density at radius 1 is 1.19 bits per heavy atom. The number of nitrogens with one attached hydrogen (secondary N) is 2. The van der Waals surface area contributed by atoms with E-state index in [4.69, 9.17) is 16.2 Å². The quantitative estimate of drug-likeness (QED) is 0.205. The van der Waals surface area contributed by atoms with E-state index in [1.165, 1.54) is 12.5 Å². The van der Waals surface area contributed by atoms with Crippen molar-refractivity contribution in [3.63, 3.8) is 0 Å². The molecular formula is C26H38N6O5. The van der Waals surface area contributed by atoms with Crippen LogP contribution in [-0.2, 0) is 32.1 Å². The topological polar surface area (TPSA) is 174 Å². The van der Waals surface area contributed by atoms with Crippen molar-refractivity contribution in [3.05, 3.63) is 54.1 Å². The first-order chi connectivity index (χ1) is 17.8. The lowest BCUT2D eigenvalue weighted by Gasteiger charge is -2.30. The molecule has 0 fully saturated rings. The van der Waals surface area contributed by atoms with Crippen LogP contribution in [0.15, 0.2) is 42.9 Å². The minimum absolute atomic E-state index is 0.00723. The first-order valence-corrected chi connectivity index (χ1v) is 12.5. The van der Waals surface area contributed by atoms with Gasteiger partial charge in [-0.25, -0.2) is 14.7 Å². The molecule has 0 aliphatic rings. The van der Waals surface area contributed by atoms with Gasteiger partial charge in [-0.1, -0.05) is 50.6 Å². The van der Waals surface area contributed by atoms with Crippen molar-refractivity contribution in [2.24, 2.45) is 17.4 Å². The van der Waals surface area contributed by atoms with Crippen molar-refractivity contribution in [3.8, 4) is 0 Å². The van der Waals surface area contributed by atoms with Crippen LogP contribution in [-0.4, -0.2) is 63.7 Å². The number of carbonyl (C=O) groups is 4. The van der Waals surface area contributed by atoms with Gasteiger partial charge < -0.3 is 31.3 Å². The minimum Gasteiger partial charge on any atom is -0.444 e. The molecule has 1 aromatic heterocycles. The normalized spacial score (nSPS) is 13.4. The minimum atomic E-state index is -1.18. The van der Waals surface area contributed by atoms with Crippen molar-refractivity contribution >= 4 is 24.2 Å². The number of carbonyl (C=O) groups excluding carboxylic acids is 4. The number of rotatable bonds is 15. The number of ether oxygens (including phenoxy) is 1. The number of unbranched alkanes of at least 4 members (excludes halogenated alkanes) is 1. The molecule has 0 unspecified atom stereocenters. The number of benzene rings is 1. The molecule has 202 valence electrons. The summed E-state index contributed by atoms with van der Waals surface area (Å²) in [7, 11) is 0. The van der Waals surface area contributed by atoms with E-state index < -0.39 is 36.0 Å². The van der Waals surface area contributed by atoms with Crippen molar-refractivity contribution in [1.29, 1.82) is 0 Å². The third-order valence-electron chi connectivity index (χ3n) is 5.74. The molecule has 1 aromatic carbocycles. The number of hydrogen-bond acceptors (Lipinski definition) is 8. The number of hydrogen-bond donors (Lipinski definition) is 4. The van der Waals surface area contributed by atoms with Crippen LogP contribution in [0.4, 0.5) is 4.79 Å². The predicted molar refractivity (Wildman–Crippen MR) is 138 cm³/mol. The highest BCUT2D eigenvalue weighted by Crippen LogP contribution is 2.15. The average molecular weight is 515 g/mol. The van der Waals surface area contributed by atoms with Crippen LogP contribution >= 0.6 is 0 Å². The van der Waals surface area contributed by atoms with Crippen LogP contribution in [0.3, 0.4) is 0 Å². The standard InChI is InChI=1S/C26H38N6O5/c1-18(2)12-23(31-24(34)22(28)10-6-7-11-27)25(35)32(21(15-33)13-20-14-29-17-30-20)26(36)37-16-19-8-4-3-5-9-19/h3-5,8-9,14-15,17-18,21-23H,6-7,10-13,16,27-28H2,1-2H3,(H,29,30)(H,31,34)/t21-,22-,23-/m0/s1. The zero-order chi connectivity index (χ0) is 27.2. The number of H-pyrrole nitrogens is 1. The molecule has 2 aromatic rings. The number of imidazole rings is 1. The number of nitrogens with zero attached hydrogens (tertiary/aromatic N) is 2. The summed E-state index contributed by atoms with van der Waals surface area (Å²) in [4.78, 5) is 59.5. The summed E-state index contributed by atoms with van der Waals surface area (Å²) >= 11 is 0. The molecule has 37 heavy (non-hydrogen) atoms. The van der Waals surface area contributed by atoms with Gasteiger partial charge in [0.25, 0.3) is 5.91 Å². The molecule has 0 aliphatic carbocycles. The molecule has 11 heteroatoms. The summed E-state index contributed by atoms with van der Waals surface area (Å²) in [6, 6.07) is 5.87. The third-order valence-corrected chi connectivity index (χ3v) is 5.74. The van der Waals surface area contributed by atoms with E-state index >= 15 is 0 Å². The van der Waals surface area contributed by atoms with Crippen LogP contribution < -0.4 is 16.8 Å². The highest BCUT2D eigenvalue weighted by atomic mass is 16.6. The maximum Gasteiger partial charge on any atom is 0.417 e. The Balaban J connectivity index is 2.28. The number of aromatic nitrogens is 2. The van der Waals surface area contributed by atoms with Gasteiger partial charge in [-0.05, 0) is 37.3 Å². The highest BCUT2D eigenvalue weighted by molar-refractivity contribution is 5.99. The summed E-state index contributed by atoms with van der Waals surface area (Å²) in [5.74, 6) is -1.26. The molecule has 0 spiro atoms. The Labute approximate surface area is 217 Å². The van der Waals surface area contributed by atoms with E-state index in [0.717, 1.165) is 16.9 Å². The van der Waals surface area contributed by atoms with Crippen LogP contribution in [0.25, 0.3) is 0 Å². The predicted octanol–water partition coefficient (Wildman–Crippen LogP) is 1.67. The van der Waals surface area contributed by atoms with Gasteiger partial charge in [0.2, 0.25) is 5.91 Å². The second-order valence-corrected chi connectivity index (χ2v) is 9.31. The summed E-state index contributed by atoms with van der Waals surface area (Å²) in [6.07, 6.45) is 4.51. The van der Waals surface area contributed by atoms with Gasteiger partial charge in [0.1, 0.15) is 25.0 Å². The monoisotopic (exact) mass is 514 g/mol. The van der Waals surface area contributed by atoms with E-state index in [-0.39, 0.29) is 25.4 Å². The zero-order valence-corrected chi connectivity index (χ0v) is 21.5. The summed E-state index contributed by atoms with van der Waals surface area (Å²) in [5.41, 5.74) is 12.8. The van der Waals surface area contributed by atoms with E-state index in [1.54, 1.807) is 24.3 Å². The molecule has 1 heterocycles.